The molecule has 1 saturated heterocycles. The van der Waals surface area contributed by atoms with Crippen LogP contribution in [0.25, 0.3) is 0 Å². The Balaban J connectivity index is 1.88. The van der Waals surface area contributed by atoms with E-state index in [1.54, 1.807) is 4.90 Å². The van der Waals surface area contributed by atoms with Gasteiger partial charge in [0.25, 0.3) is 11.6 Å². The van der Waals surface area contributed by atoms with Gasteiger partial charge in [-0.15, -0.1) is 0 Å². The highest BCUT2D eigenvalue weighted by Gasteiger charge is 2.35. The summed E-state index contributed by atoms with van der Waals surface area (Å²) in [6, 6.07) is 12.7. The Morgan fingerprint density at radius 2 is 1.72 bits per heavy atom. The summed E-state index contributed by atoms with van der Waals surface area (Å²) in [4.78, 5) is 27.0. The number of hydrogen-bond acceptors (Lipinski definition) is 6. The maximum absolute atomic E-state index is 13.2. The normalized spacial score (nSPS) is 17.7. The molecule has 1 aliphatic rings. The Morgan fingerprint density at radius 3 is 2.21 bits per heavy atom. The maximum atomic E-state index is 13.2. The van der Waals surface area contributed by atoms with Crippen molar-refractivity contribution >= 4 is 27.1 Å². The Labute approximate surface area is 169 Å². The number of nitro groups is 1. The third-order valence-corrected chi connectivity index (χ3v) is 6.79. The second-order valence-corrected chi connectivity index (χ2v) is 9.58. The standard InChI is InChI=1S/C20H23N3O5S/c1-21(2)17-7-3-15(4-8-17)13-22(19-11-12-29(27,28)14-19)20(24)16-5-9-18(10-6-16)23(25)26/h3-10,19H,11-14H2,1-2H3. The van der Waals surface area contributed by atoms with Crippen LogP contribution in [0.1, 0.15) is 22.3 Å². The fourth-order valence-electron chi connectivity index (χ4n) is 3.38. The molecule has 154 valence electrons. The second-order valence-electron chi connectivity index (χ2n) is 7.35. The predicted molar refractivity (Wildman–Crippen MR) is 111 cm³/mol. The molecule has 1 aliphatic heterocycles. The summed E-state index contributed by atoms with van der Waals surface area (Å²) in [5, 5.41) is 10.9. The first-order valence-corrected chi connectivity index (χ1v) is 11.0. The molecule has 2 aromatic carbocycles. The number of nitrogens with zero attached hydrogens (tertiary/aromatic N) is 3. The lowest BCUT2D eigenvalue weighted by Crippen LogP contribution is -2.40. The number of nitro benzene ring substituents is 1. The zero-order chi connectivity index (χ0) is 21.2. The maximum Gasteiger partial charge on any atom is 0.269 e. The van der Waals surface area contributed by atoms with E-state index in [-0.39, 0.29) is 29.6 Å². The van der Waals surface area contributed by atoms with Crippen LogP contribution in [-0.2, 0) is 16.4 Å². The minimum Gasteiger partial charge on any atom is -0.378 e. The average molecular weight is 417 g/mol. The molecule has 0 saturated carbocycles. The first kappa shape index (κ1) is 20.8. The van der Waals surface area contributed by atoms with Gasteiger partial charge in [0.2, 0.25) is 0 Å². The molecule has 9 heteroatoms. The minimum absolute atomic E-state index is 0.0568. The molecule has 0 bridgehead atoms. The smallest absolute Gasteiger partial charge is 0.269 e. The van der Waals surface area contributed by atoms with Gasteiger partial charge in [0, 0.05) is 50.1 Å². The molecule has 3 rings (SSSR count). The number of sulfone groups is 1. The van der Waals surface area contributed by atoms with Gasteiger partial charge < -0.3 is 9.80 Å². The van der Waals surface area contributed by atoms with Crippen LogP contribution in [0.4, 0.5) is 11.4 Å². The van der Waals surface area contributed by atoms with E-state index in [4.69, 9.17) is 0 Å². The second kappa shape index (κ2) is 8.20. The molecule has 1 atom stereocenters. The van der Waals surface area contributed by atoms with E-state index in [0.29, 0.717) is 12.0 Å². The number of carbonyl (C=O) groups is 1. The minimum atomic E-state index is -3.17. The van der Waals surface area contributed by atoms with Crippen molar-refractivity contribution in [1.82, 2.24) is 4.90 Å². The molecule has 0 aliphatic carbocycles. The largest absolute Gasteiger partial charge is 0.378 e. The van der Waals surface area contributed by atoms with Crippen molar-refractivity contribution < 1.29 is 18.1 Å². The molecule has 0 aromatic heterocycles. The molecule has 1 fully saturated rings. The van der Waals surface area contributed by atoms with Crippen LogP contribution >= 0.6 is 0 Å². The first-order valence-electron chi connectivity index (χ1n) is 9.18. The molecule has 29 heavy (non-hydrogen) atoms. The zero-order valence-electron chi connectivity index (χ0n) is 16.3. The van der Waals surface area contributed by atoms with Gasteiger partial charge in [-0.05, 0) is 36.2 Å². The monoisotopic (exact) mass is 417 g/mol. The van der Waals surface area contributed by atoms with Gasteiger partial charge in [0.15, 0.2) is 9.84 Å². The molecular formula is C20H23N3O5S. The van der Waals surface area contributed by atoms with Crippen molar-refractivity contribution in [2.75, 3.05) is 30.5 Å². The summed E-state index contributed by atoms with van der Waals surface area (Å²) in [5.41, 5.74) is 2.10. The van der Waals surface area contributed by atoms with E-state index >= 15 is 0 Å². The third kappa shape index (κ3) is 4.92. The predicted octanol–water partition coefficient (Wildman–Crippen LogP) is 2.49. The van der Waals surface area contributed by atoms with E-state index in [1.807, 2.05) is 43.3 Å². The number of rotatable bonds is 6. The Kier molecular flexibility index (Phi) is 5.88. The molecule has 1 amide bonds. The number of carbonyl (C=O) groups excluding carboxylic acids is 1. The van der Waals surface area contributed by atoms with E-state index in [9.17, 15) is 23.3 Å². The van der Waals surface area contributed by atoms with Crippen molar-refractivity contribution in [3.8, 4) is 0 Å². The van der Waals surface area contributed by atoms with Crippen LogP contribution in [0.15, 0.2) is 48.5 Å². The van der Waals surface area contributed by atoms with Crippen molar-refractivity contribution in [2.45, 2.75) is 19.0 Å². The van der Waals surface area contributed by atoms with Crippen molar-refractivity contribution in [3.05, 3.63) is 69.8 Å². The average Bonchev–Trinajstić information content (AvgIpc) is 3.05. The van der Waals surface area contributed by atoms with E-state index in [0.717, 1.165) is 11.3 Å². The zero-order valence-corrected chi connectivity index (χ0v) is 17.1. The van der Waals surface area contributed by atoms with Crippen LogP contribution in [0, 0.1) is 10.1 Å². The van der Waals surface area contributed by atoms with Gasteiger partial charge in [-0.2, -0.15) is 0 Å². The third-order valence-electron chi connectivity index (χ3n) is 5.04. The highest BCUT2D eigenvalue weighted by molar-refractivity contribution is 7.91. The number of hydrogen-bond donors (Lipinski definition) is 0. The first-order chi connectivity index (χ1) is 13.7. The number of benzene rings is 2. The van der Waals surface area contributed by atoms with Gasteiger partial charge >= 0.3 is 0 Å². The van der Waals surface area contributed by atoms with E-state index in [1.165, 1.54) is 24.3 Å². The van der Waals surface area contributed by atoms with Crippen LogP contribution in [-0.4, -0.2) is 55.8 Å². The quantitative estimate of drug-likeness (QED) is 0.529. The number of non-ortho nitro benzene ring substituents is 1. The molecule has 8 nitrogen and oxygen atoms in total. The van der Waals surface area contributed by atoms with Crippen molar-refractivity contribution in [1.29, 1.82) is 0 Å². The topological polar surface area (TPSA) is 101 Å². The molecule has 1 heterocycles. The van der Waals surface area contributed by atoms with Crippen molar-refractivity contribution in [3.63, 3.8) is 0 Å². The molecule has 0 radical (unpaired) electrons. The summed E-state index contributed by atoms with van der Waals surface area (Å²) in [6.45, 7) is 0.268. The molecule has 0 spiro atoms. The summed E-state index contributed by atoms with van der Waals surface area (Å²) >= 11 is 0. The summed E-state index contributed by atoms with van der Waals surface area (Å²) in [5.74, 6) is -0.346. The molecule has 0 N–H and O–H groups in total. The Hall–Kier alpha value is -2.94. The van der Waals surface area contributed by atoms with Crippen molar-refractivity contribution in [2.24, 2.45) is 0 Å². The highest BCUT2D eigenvalue weighted by Crippen LogP contribution is 2.24. The summed E-state index contributed by atoms with van der Waals surface area (Å²) in [7, 11) is 0.692. The lowest BCUT2D eigenvalue weighted by atomic mass is 10.1. The summed E-state index contributed by atoms with van der Waals surface area (Å²) < 4.78 is 24.0. The molecule has 2 aromatic rings. The van der Waals surface area contributed by atoms with E-state index < -0.39 is 20.8 Å². The van der Waals surface area contributed by atoms with Crippen LogP contribution < -0.4 is 4.90 Å². The molecular weight excluding hydrogens is 394 g/mol. The van der Waals surface area contributed by atoms with Gasteiger partial charge in [-0.3, -0.25) is 14.9 Å². The molecule has 1 unspecified atom stereocenters. The SMILES string of the molecule is CN(C)c1ccc(CN(C(=O)c2ccc([N+](=O)[O-])cc2)C2CCS(=O)(=O)C2)cc1. The van der Waals surface area contributed by atoms with Gasteiger partial charge in [0.05, 0.1) is 16.4 Å². The lowest BCUT2D eigenvalue weighted by molar-refractivity contribution is -0.384. The number of anilines is 1. The summed E-state index contributed by atoms with van der Waals surface area (Å²) in [6.07, 6.45) is 0.386. The fraction of sp³-hybridized carbons (Fsp3) is 0.350. The van der Waals surface area contributed by atoms with Gasteiger partial charge in [0.1, 0.15) is 0 Å². The highest BCUT2D eigenvalue weighted by atomic mass is 32.2. The van der Waals surface area contributed by atoms with Crippen LogP contribution in [0.3, 0.4) is 0 Å². The van der Waals surface area contributed by atoms with Crippen LogP contribution in [0.2, 0.25) is 0 Å². The Bertz CT molecular complexity index is 1000. The fourth-order valence-corrected chi connectivity index (χ4v) is 5.11. The van der Waals surface area contributed by atoms with E-state index in [2.05, 4.69) is 0 Å². The van der Waals surface area contributed by atoms with Gasteiger partial charge in [-0.1, -0.05) is 12.1 Å². The number of amides is 1. The lowest BCUT2D eigenvalue weighted by Gasteiger charge is -2.29. The van der Waals surface area contributed by atoms with Gasteiger partial charge in [-0.25, -0.2) is 8.42 Å². The van der Waals surface area contributed by atoms with Crippen LogP contribution in [0.5, 0.6) is 0 Å². The Morgan fingerprint density at radius 1 is 1.10 bits per heavy atom.